The quantitative estimate of drug-likeness (QED) is 0.0287. The first-order valence-electron chi connectivity index (χ1n) is 19.1. The van der Waals surface area contributed by atoms with Crippen molar-refractivity contribution in [1.82, 2.24) is 16.0 Å². The van der Waals surface area contributed by atoms with Crippen molar-refractivity contribution in [2.75, 3.05) is 71.8 Å². The molecule has 334 valence electrons. The van der Waals surface area contributed by atoms with E-state index in [-0.39, 0.29) is 63.7 Å². The van der Waals surface area contributed by atoms with Gasteiger partial charge >= 0.3 is 18.0 Å². The summed E-state index contributed by atoms with van der Waals surface area (Å²) in [5.41, 5.74) is 0. The number of unbranched alkanes of at least 4 members (excludes halogenated alkanes) is 1. The smallest absolute Gasteiger partial charge is 0.364 e. The predicted octanol–water partition coefficient (Wildman–Crippen LogP) is -4.79. The molecule has 23 nitrogen and oxygen atoms in total. The van der Waals surface area contributed by atoms with Crippen LogP contribution in [0, 0.1) is 0 Å². The first-order chi connectivity index (χ1) is 27.7. The summed E-state index contributed by atoms with van der Waals surface area (Å²) >= 11 is 1.84. The molecule has 4 fully saturated rings. The largest absolute Gasteiger partial charge is 0.477 e. The molecule has 4 saturated heterocycles. The summed E-state index contributed by atoms with van der Waals surface area (Å²) in [4.78, 5) is 48.6. The third-order valence-electron chi connectivity index (χ3n) is 10.1. The highest BCUT2D eigenvalue weighted by molar-refractivity contribution is 8.00. The number of carbonyl (C=O) groups excluding carboxylic acids is 2. The number of carbonyl (C=O) groups is 4. The molecule has 0 saturated carbocycles. The average Bonchev–Trinajstić information content (AvgIpc) is 3.75. The standard InChI is InChI=1S/C34H57N3O20S/c38-15-20(41)28-26(44)19(40)13-34(57-28,31(48)49)55-22-14-33(30(46)47,56-29(27(22)45)21(42)16-39)54-12-11-53-10-9-52-8-7-51-6-5-35-24(43)4-2-1-3-23-25-18(17-58-23)36-32(50)37-25/h18-23,25-29,38-42,44-45H,1-17H2,(H,35,43)(H,46,47)(H,48,49)(H2,36,37,50)/t18-,19?,20+,21+,22?,23?,25-,26+,27+,28?,29?,33+,34+/m0/s1. The van der Waals surface area contributed by atoms with Gasteiger partial charge in [-0.25, -0.2) is 14.4 Å². The summed E-state index contributed by atoms with van der Waals surface area (Å²) in [5.74, 6) is -8.48. The molecule has 0 radical (unpaired) electrons. The zero-order valence-corrected chi connectivity index (χ0v) is 32.6. The molecule has 58 heavy (non-hydrogen) atoms. The van der Waals surface area contributed by atoms with Crippen LogP contribution >= 0.6 is 11.8 Å². The highest BCUT2D eigenvalue weighted by Crippen LogP contribution is 2.40. The van der Waals surface area contributed by atoms with Crippen molar-refractivity contribution in [3.63, 3.8) is 0 Å². The van der Waals surface area contributed by atoms with E-state index in [0.29, 0.717) is 18.2 Å². The number of aliphatic hydroxyl groups is 7. The van der Waals surface area contributed by atoms with Crippen molar-refractivity contribution < 1.29 is 98.3 Å². The van der Waals surface area contributed by atoms with Crippen LogP contribution in [0.15, 0.2) is 0 Å². The third-order valence-corrected chi connectivity index (χ3v) is 11.6. The van der Waals surface area contributed by atoms with Crippen LogP contribution in [0.4, 0.5) is 4.79 Å². The number of hydrogen-bond donors (Lipinski definition) is 12. The van der Waals surface area contributed by atoms with Gasteiger partial charge in [-0.05, 0) is 12.8 Å². The summed E-state index contributed by atoms with van der Waals surface area (Å²) < 4.78 is 38.2. The molecule has 5 unspecified atom stereocenters. The van der Waals surface area contributed by atoms with Gasteiger partial charge in [0.25, 0.3) is 11.6 Å². The molecule has 4 rings (SSSR count). The number of rotatable bonds is 26. The Bertz CT molecular complexity index is 1340. The van der Waals surface area contributed by atoms with Gasteiger partial charge in [-0.2, -0.15) is 11.8 Å². The second-order valence-corrected chi connectivity index (χ2v) is 15.6. The first kappa shape index (κ1) is 48.1. The molecule has 0 aromatic heterocycles. The molecule has 0 aliphatic carbocycles. The fourth-order valence-corrected chi connectivity index (χ4v) is 8.60. The predicted molar refractivity (Wildman–Crippen MR) is 194 cm³/mol. The molecule has 13 atom stereocenters. The lowest BCUT2D eigenvalue weighted by atomic mass is 9.90. The van der Waals surface area contributed by atoms with Crippen molar-refractivity contribution in [3.05, 3.63) is 0 Å². The summed E-state index contributed by atoms with van der Waals surface area (Å²) in [5, 5.41) is 100. The number of aliphatic hydroxyl groups excluding tert-OH is 7. The van der Waals surface area contributed by atoms with E-state index in [1.807, 2.05) is 11.8 Å². The van der Waals surface area contributed by atoms with Crippen LogP contribution in [0.3, 0.4) is 0 Å². The summed E-state index contributed by atoms with van der Waals surface area (Å²) in [6, 6.07) is 0.218. The zero-order valence-electron chi connectivity index (χ0n) is 31.8. The van der Waals surface area contributed by atoms with Crippen LogP contribution < -0.4 is 16.0 Å². The van der Waals surface area contributed by atoms with E-state index in [4.69, 9.17) is 33.2 Å². The molecule has 12 N–H and O–H groups in total. The van der Waals surface area contributed by atoms with Crippen LogP contribution in [0.25, 0.3) is 0 Å². The fraction of sp³-hybridized carbons (Fsp3) is 0.882. The topological polar surface area (TPSA) is 351 Å². The van der Waals surface area contributed by atoms with E-state index in [2.05, 4.69) is 16.0 Å². The summed E-state index contributed by atoms with van der Waals surface area (Å²) in [7, 11) is 0. The Labute approximate surface area is 337 Å². The van der Waals surface area contributed by atoms with Gasteiger partial charge in [-0.1, -0.05) is 6.42 Å². The lowest BCUT2D eigenvalue weighted by Crippen LogP contribution is -2.68. The second-order valence-electron chi connectivity index (χ2n) is 14.3. The van der Waals surface area contributed by atoms with Crippen LogP contribution in [-0.4, -0.2) is 219 Å². The third kappa shape index (κ3) is 12.7. The van der Waals surface area contributed by atoms with Crippen molar-refractivity contribution in [2.45, 2.75) is 116 Å². The van der Waals surface area contributed by atoms with E-state index in [1.165, 1.54) is 0 Å². The van der Waals surface area contributed by atoms with E-state index >= 15 is 0 Å². The molecule has 0 spiro atoms. The maximum Gasteiger partial charge on any atom is 0.364 e. The summed E-state index contributed by atoms with van der Waals surface area (Å²) in [6.07, 6.45) is -14.2. The maximum absolute atomic E-state index is 12.5. The second kappa shape index (κ2) is 22.9. The highest BCUT2D eigenvalue weighted by Gasteiger charge is 2.60. The number of fused-ring (bicyclic) bond motifs is 1. The lowest BCUT2D eigenvalue weighted by Gasteiger charge is -2.49. The van der Waals surface area contributed by atoms with Gasteiger partial charge in [0.15, 0.2) is 0 Å². The maximum atomic E-state index is 12.5. The molecule has 4 aliphatic heterocycles. The first-order valence-corrected chi connectivity index (χ1v) is 20.2. The minimum absolute atomic E-state index is 0.0519. The molecule has 0 aromatic carbocycles. The number of aliphatic carboxylic acids is 2. The van der Waals surface area contributed by atoms with E-state index in [9.17, 15) is 65.1 Å². The SMILES string of the molecule is O=C(CCCCC1SC[C@@H]2NC(=O)N[C@H]12)NCCOCCOCCOCCO[C@]1(C(=O)O)CC(O[C@]2(C(=O)O)CC(O)[C@@H](O)C([C@H](O)CO)O2)[C@@H](O)C([C@H](O)CO)O1. The Morgan fingerprint density at radius 3 is 2.02 bits per heavy atom. The Morgan fingerprint density at radius 2 is 1.40 bits per heavy atom. The summed E-state index contributed by atoms with van der Waals surface area (Å²) in [6.45, 7) is -1.43. The van der Waals surface area contributed by atoms with Crippen LogP contribution in [-0.2, 0) is 47.5 Å². The number of ether oxygens (including phenoxy) is 7. The Hall–Kier alpha value is -2.53. The Morgan fingerprint density at radius 1 is 0.810 bits per heavy atom. The number of carboxylic acids is 2. The number of urea groups is 1. The van der Waals surface area contributed by atoms with Crippen LogP contribution in [0.5, 0.6) is 0 Å². The Balaban J connectivity index is 1.12. The van der Waals surface area contributed by atoms with Gasteiger partial charge in [-0.15, -0.1) is 0 Å². The number of carboxylic acid groups (broad SMARTS) is 2. The molecule has 0 aromatic rings. The van der Waals surface area contributed by atoms with Gasteiger partial charge in [-0.3, -0.25) is 4.79 Å². The van der Waals surface area contributed by atoms with E-state index in [1.54, 1.807) is 0 Å². The number of amides is 3. The minimum atomic E-state index is -2.92. The Kier molecular flexibility index (Phi) is 19.0. The molecule has 24 heteroatoms. The van der Waals surface area contributed by atoms with Gasteiger partial charge < -0.3 is 95.1 Å². The molecule has 4 heterocycles. The highest BCUT2D eigenvalue weighted by atomic mass is 32.2. The zero-order chi connectivity index (χ0) is 42.5. The van der Waals surface area contributed by atoms with Crippen molar-refractivity contribution in [1.29, 1.82) is 0 Å². The average molecular weight is 860 g/mol. The molecule has 4 aliphatic rings. The van der Waals surface area contributed by atoms with Crippen LogP contribution in [0.1, 0.15) is 38.5 Å². The monoisotopic (exact) mass is 859 g/mol. The van der Waals surface area contributed by atoms with Crippen LogP contribution in [0.2, 0.25) is 0 Å². The van der Waals surface area contributed by atoms with Gasteiger partial charge in [0.2, 0.25) is 5.91 Å². The molecule has 0 bridgehead atoms. The molecular weight excluding hydrogens is 802 g/mol. The fourth-order valence-electron chi connectivity index (χ4n) is 7.05. The molecular formula is C34H57N3O20S. The van der Waals surface area contributed by atoms with Crippen molar-refractivity contribution in [3.8, 4) is 0 Å². The van der Waals surface area contributed by atoms with E-state index < -0.39 is 105 Å². The minimum Gasteiger partial charge on any atom is -0.477 e. The number of thioether (sulfide) groups is 1. The van der Waals surface area contributed by atoms with Crippen molar-refractivity contribution in [2.24, 2.45) is 0 Å². The van der Waals surface area contributed by atoms with E-state index in [0.717, 1.165) is 25.0 Å². The lowest BCUT2D eigenvalue weighted by molar-refractivity contribution is -0.374. The number of nitrogens with one attached hydrogen (secondary N) is 3. The number of hydrogen-bond acceptors (Lipinski definition) is 19. The van der Waals surface area contributed by atoms with Crippen molar-refractivity contribution >= 4 is 35.6 Å². The molecule has 3 amide bonds. The van der Waals surface area contributed by atoms with Gasteiger partial charge in [0, 0.05) is 36.8 Å². The normalized spacial score (nSPS) is 34.5. The van der Waals surface area contributed by atoms with Gasteiger partial charge in [0.1, 0.15) is 36.6 Å². The van der Waals surface area contributed by atoms with Gasteiger partial charge in [0.05, 0.1) is 83.8 Å².